The van der Waals surface area contributed by atoms with Crippen LogP contribution in [0.15, 0.2) is 70.4 Å². The Morgan fingerprint density at radius 3 is 2.44 bits per heavy atom. The molecule has 25 heavy (non-hydrogen) atoms. The van der Waals surface area contributed by atoms with Gasteiger partial charge in [-0.25, -0.2) is 4.98 Å². The van der Waals surface area contributed by atoms with Crippen LogP contribution >= 0.6 is 23.1 Å². The van der Waals surface area contributed by atoms with Gasteiger partial charge in [0.15, 0.2) is 4.34 Å². The average molecular weight is 367 g/mol. The fraction of sp³-hybridized carbons (Fsp3) is 0.200. The van der Waals surface area contributed by atoms with Gasteiger partial charge in [0.1, 0.15) is 5.25 Å². The quantitative estimate of drug-likeness (QED) is 0.630. The van der Waals surface area contributed by atoms with Gasteiger partial charge >= 0.3 is 0 Å². The van der Waals surface area contributed by atoms with Crippen LogP contribution in [0.1, 0.15) is 23.7 Å². The van der Waals surface area contributed by atoms with Crippen molar-refractivity contribution in [2.75, 3.05) is 0 Å². The predicted octanol–water partition coefficient (Wildman–Crippen LogP) is 4.92. The molecule has 1 aliphatic carbocycles. The zero-order chi connectivity index (χ0) is 17.1. The summed E-state index contributed by atoms with van der Waals surface area (Å²) < 4.78 is 0.915. The van der Waals surface area contributed by atoms with Crippen LogP contribution in [0.25, 0.3) is 11.3 Å². The zero-order valence-electron chi connectivity index (χ0n) is 13.6. The Balaban J connectivity index is 1.56. The number of amides is 1. The van der Waals surface area contributed by atoms with E-state index in [1.807, 2.05) is 48.5 Å². The van der Waals surface area contributed by atoms with E-state index >= 15 is 0 Å². The number of aromatic nitrogens is 1. The number of hydrogen-bond donors (Lipinski definition) is 1. The van der Waals surface area contributed by atoms with E-state index in [2.05, 4.69) is 22.8 Å². The summed E-state index contributed by atoms with van der Waals surface area (Å²) in [7, 11) is 0. The summed E-state index contributed by atoms with van der Waals surface area (Å²) in [5.41, 5.74) is 3.08. The summed E-state index contributed by atoms with van der Waals surface area (Å²) in [6.07, 6.45) is 2.18. The molecule has 0 spiro atoms. The molecule has 1 aromatic heterocycles. The molecule has 1 atom stereocenters. The number of hydrogen-bond acceptors (Lipinski definition) is 4. The van der Waals surface area contributed by atoms with Gasteiger partial charge in [-0.1, -0.05) is 72.4 Å². The molecule has 3 aromatic rings. The Labute approximate surface area is 155 Å². The molecule has 2 aromatic carbocycles. The molecule has 3 nitrogen and oxygen atoms in total. The van der Waals surface area contributed by atoms with Crippen molar-refractivity contribution in [2.24, 2.45) is 0 Å². The lowest BCUT2D eigenvalue weighted by Crippen LogP contribution is -2.29. The van der Waals surface area contributed by atoms with E-state index in [4.69, 9.17) is 4.98 Å². The molecule has 1 fully saturated rings. The fourth-order valence-corrected chi connectivity index (χ4v) is 4.59. The number of benzene rings is 2. The summed E-state index contributed by atoms with van der Waals surface area (Å²) in [4.78, 5) is 17.4. The lowest BCUT2D eigenvalue weighted by molar-refractivity contribution is -0.120. The Kier molecular flexibility index (Phi) is 4.85. The number of nitrogens with one attached hydrogen (secondary N) is 1. The molecule has 1 N–H and O–H groups in total. The molecule has 1 amide bonds. The second kappa shape index (κ2) is 7.42. The van der Waals surface area contributed by atoms with Crippen molar-refractivity contribution in [1.29, 1.82) is 0 Å². The Morgan fingerprint density at radius 1 is 1.08 bits per heavy atom. The third kappa shape index (κ3) is 4.11. The van der Waals surface area contributed by atoms with Crippen molar-refractivity contribution >= 4 is 29.0 Å². The molecule has 0 radical (unpaired) electrons. The number of thioether (sulfide) groups is 1. The van der Waals surface area contributed by atoms with Gasteiger partial charge in [0.05, 0.1) is 5.69 Å². The average Bonchev–Trinajstić information content (AvgIpc) is 3.35. The van der Waals surface area contributed by atoms with Crippen molar-refractivity contribution in [2.45, 2.75) is 28.5 Å². The maximum atomic E-state index is 12.7. The molecule has 0 bridgehead atoms. The molecular formula is C20H18N2OS2. The van der Waals surface area contributed by atoms with Crippen LogP contribution in [0.5, 0.6) is 0 Å². The van der Waals surface area contributed by atoms with Gasteiger partial charge in [-0.3, -0.25) is 4.79 Å². The second-order valence-corrected chi connectivity index (χ2v) is 8.27. The van der Waals surface area contributed by atoms with E-state index in [0.29, 0.717) is 6.04 Å². The lowest BCUT2D eigenvalue weighted by Gasteiger charge is -2.15. The second-order valence-electron chi connectivity index (χ2n) is 6.06. The predicted molar refractivity (Wildman–Crippen MR) is 104 cm³/mol. The first-order valence-electron chi connectivity index (χ1n) is 8.32. The van der Waals surface area contributed by atoms with Gasteiger partial charge in [0.2, 0.25) is 5.91 Å². The van der Waals surface area contributed by atoms with Crippen LogP contribution in [-0.4, -0.2) is 16.9 Å². The van der Waals surface area contributed by atoms with Crippen LogP contribution in [-0.2, 0) is 4.79 Å². The summed E-state index contributed by atoms with van der Waals surface area (Å²) in [5, 5.41) is 4.92. The molecule has 4 rings (SSSR count). The number of nitrogens with zero attached hydrogens (tertiary/aromatic N) is 1. The molecule has 126 valence electrons. The number of carbonyl (C=O) groups is 1. The molecule has 0 saturated heterocycles. The first-order chi connectivity index (χ1) is 12.3. The molecule has 1 heterocycles. The Bertz CT molecular complexity index is 844. The van der Waals surface area contributed by atoms with E-state index in [9.17, 15) is 4.79 Å². The first kappa shape index (κ1) is 16.4. The normalized spacial score (nSPS) is 14.9. The SMILES string of the molecule is O=C(NC1CC1)[C@@H](Sc1nc(-c2ccccc2)cs1)c1ccccc1. The number of thiazole rings is 1. The van der Waals surface area contributed by atoms with Gasteiger partial charge < -0.3 is 5.32 Å². The fourth-order valence-electron chi connectivity index (χ4n) is 2.56. The highest BCUT2D eigenvalue weighted by Gasteiger charge is 2.29. The first-order valence-corrected chi connectivity index (χ1v) is 10.1. The summed E-state index contributed by atoms with van der Waals surface area (Å²) in [5.74, 6) is 0.0789. The molecule has 1 saturated carbocycles. The van der Waals surface area contributed by atoms with E-state index in [1.165, 1.54) is 11.8 Å². The third-order valence-corrected chi connectivity index (χ3v) is 6.26. The van der Waals surface area contributed by atoms with Gasteiger partial charge in [0, 0.05) is 17.0 Å². The minimum Gasteiger partial charge on any atom is -0.352 e. The monoisotopic (exact) mass is 366 g/mol. The molecular weight excluding hydrogens is 348 g/mol. The molecule has 1 aliphatic rings. The van der Waals surface area contributed by atoms with Crippen molar-refractivity contribution in [3.05, 3.63) is 71.6 Å². The number of carbonyl (C=O) groups excluding carboxylic acids is 1. The minimum absolute atomic E-state index is 0.0789. The van der Waals surface area contributed by atoms with E-state index in [0.717, 1.165) is 34.0 Å². The smallest absolute Gasteiger partial charge is 0.238 e. The standard InChI is InChI=1S/C20H18N2OS2/c23-19(21-16-11-12-16)18(15-9-5-2-6-10-15)25-20-22-17(13-24-20)14-7-3-1-4-8-14/h1-10,13,16,18H,11-12H2,(H,21,23)/t18-/m0/s1. The van der Waals surface area contributed by atoms with E-state index in [1.54, 1.807) is 11.3 Å². The van der Waals surface area contributed by atoms with Crippen molar-refractivity contribution in [1.82, 2.24) is 10.3 Å². The highest BCUT2D eigenvalue weighted by molar-refractivity contribution is 8.01. The van der Waals surface area contributed by atoms with Crippen LogP contribution in [0.3, 0.4) is 0 Å². The summed E-state index contributed by atoms with van der Waals surface area (Å²) in [6, 6.07) is 20.4. The third-order valence-electron chi connectivity index (χ3n) is 4.04. The van der Waals surface area contributed by atoms with E-state index in [-0.39, 0.29) is 11.2 Å². The summed E-state index contributed by atoms with van der Waals surface area (Å²) >= 11 is 3.12. The van der Waals surface area contributed by atoms with Crippen LogP contribution < -0.4 is 5.32 Å². The van der Waals surface area contributed by atoms with Gasteiger partial charge in [-0.05, 0) is 18.4 Å². The van der Waals surface area contributed by atoms with Crippen LogP contribution in [0, 0.1) is 0 Å². The maximum Gasteiger partial charge on any atom is 0.238 e. The largest absolute Gasteiger partial charge is 0.352 e. The highest BCUT2D eigenvalue weighted by Crippen LogP contribution is 2.39. The topological polar surface area (TPSA) is 42.0 Å². The van der Waals surface area contributed by atoms with Crippen molar-refractivity contribution in [3.8, 4) is 11.3 Å². The van der Waals surface area contributed by atoms with Crippen molar-refractivity contribution in [3.63, 3.8) is 0 Å². The van der Waals surface area contributed by atoms with E-state index < -0.39 is 0 Å². The molecule has 0 unspecified atom stereocenters. The molecule has 0 aliphatic heterocycles. The maximum absolute atomic E-state index is 12.7. The zero-order valence-corrected chi connectivity index (χ0v) is 15.2. The number of rotatable bonds is 6. The molecule has 5 heteroatoms. The van der Waals surface area contributed by atoms with Gasteiger partial charge in [-0.2, -0.15) is 0 Å². The Hall–Kier alpha value is -2.11. The minimum atomic E-state index is -0.267. The summed E-state index contributed by atoms with van der Waals surface area (Å²) in [6.45, 7) is 0. The van der Waals surface area contributed by atoms with Crippen LogP contribution in [0.4, 0.5) is 0 Å². The highest BCUT2D eigenvalue weighted by atomic mass is 32.2. The van der Waals surface area contributed by atoms with Crippen molar-refractivity contribution < 1.29 is 4.79 Å². The lowest BCUT2D eigenvalue weighted by atomic mass is 10.1. The van der Waals surface area contributed by atoms with Gasteiger partial charge in [0.25, 0.3) is 0 Å². The van der Waals surface area contributed by atoms with Crippen LogP contribution in [0.2, 0.25) is 0 Å². The van der Waals surface area contributed by atoms with Gasteiger partial charge in [-0.15, -0.1) is 11.3 Å². The Morgan fingerprint density at radius 2 is 1.76 bits per heavy atom.